The summed E-state index contributed by atoms with van der Waals surface area (Å²) in [5.41, 5.74) is 3.13. The van der Waals surface area contributed by atoms with Gasteiger partial charge in [0.1, 0.15) is 5.65 Å². The summed E-state index contributed by atoms with van der Waals surface area (Å²) < 4.78 is 12.3. The van der Waals surface area contributed by atoms with Crippen molar-refractivity contribution in [3.8, 4) is 11.3 Å². The van der Waals surface area contributed by atoms with E-state index in [1.165, 1.54) is 24.8 Å². The maximum Gasteiger partial charge on any atom is 0.356 e. The molecule has 0 amide bonds. The molecule has 0 aromatic carbocycles. The molecule has 0 saturated heterocycles. The molecule has 3 heterocycles. The number of rotatable bonds is 4. The van der Waals surface area contributed by atoms with Gasteiger partial charge in [-0.25, -0.2) is 14.8 Å². The minimum atomic E-state index is -0.369. The molecule has 112 valence electrons. The Morgan fingerprint density at radius 1 is 1.45 bits per heavy atom. The van der Waals surface area contributed by atoms with Gasteiger partial charge in [-0.15, -0.1) is 0 Å². The number of fused-ring (bicyclic) bond motifs is 1. The monoisotopic (exact) mass is 297 g/mol. The summed E-state index contributed by atoms with van der Waals surface area (Å²) in [4.78, 5) is 20.4. The Labute approximate surface area is 126 Å². The van der Waals surface area contributed by atoms with Crippen molar-refractivity contribution in [1.29, 1.82) is 0 Å². The first-order chi connectivity index (χ1) is 10.8. The Balaban J connectivity index is 1.93. The molecule has 3 aromatic heterocycles. The molecule has 22 heavy (non-hydrogen) atoms. The molecule has 1 aliphatic carbocycles. The maximum atomic E-state index is 12.1. The van der Waals surface area contributed by atoms with Crippen LogP contribution in [-0.2, 0) is 4.74 Å². The quantitative estimate of drug-likeness (QED) is 0.692. The minimum Gasteiger partial charge on any atom is -0.461 e. The number of ether oxygens (including phenoxy) is 1. The fraction of sp³-hybridized carbons (Fsp3) is 0.312. The van der Waals surface area contributed by atoms with Gasteiger partial charge in [0.2, 0.25) is 0 Å². The number of hydrogen-bond acceptors (Lipinski definition) is 5. The molecule has 0 unspecified atom stereocenters. The highest BCUT2D eigenvalue weighted by Crippen LogP contribution is 2.42. The van der Waals surface area contributed by atoms with E-state index in [-0.39, 0.29) is 5.97 Å². The Morgan fingerprint density at radius 3 is 3.00 bits per heavy atom. The van der Waals surface area contributed by atoms with Crippen LogP contribution in [0.3, 0.4) is 0 Å². The Morgan fingerprint density at radius 2 is 2.32 bits per heavy atom. The lowest BCUT2D eigenvalue weighted by atomic mass is 10.1. The third-order valence-corrected chi connectivity index (χ3v) is 3.86. The van der Waals surface area contributed by atoms with E-state index in [0.29, 0.717) is 29.6 Å². The molecule has 4 rings (SSSR count). The lowest BCUT2D eigenvalue weighted by Crippen LogP contribution is -2.08. The van der Waals surface area contributed by atoms with Gasteiger partial charge in [0.25, 0.3) is 0 Å². The summed E-state index contributed by atoms with van der Waals surface area (Å²) in [7, 11) is 0. The van der Waals surface area contributed by atoms with Crippen molar-refractivity contribution in [3.05, 3.63) is 42.3 Å². The highest BCUT2D eigenvalue weighted by atomic mass is 16.5. The van der Waals surface area contributed by atoms with Gasteiger partial charge in [0, 0.05) is 6.20 Å². The van der Waals surface area contributed by atoms with Gasteiger partial charge in [-0.2, -0.15) is 0 Å². The van der Waals surface area contributed by atoms with E-state index >= 15 is 0 Å². The summed E-state index contributed by atoms with van der Waals surface area (Å²) in [6.07, 6.45) is 8.92. The lowest BCUT2D eigenvalue weighted by molar-refractivity contribution is 0.0518. The van der Waals surface area contributed by atoms with Crippen molar-refractivity contribution in [2.45, 2.75) is 25.7 Å². The second-order valence-corrected chi connectivity index (χ2v) is 5.38. The molecule has 0 atom stereocenters. The number of carbonyl (C=O) groups is 1. The number of hydrogen-bond donors (Lipinski definition) is 0. The van der Waals surface area contributed by atoms with Crippen molar-refractivity contribution in [1.82, 2.24) is 14.4 Å². The molecule has 0 N–H and O–H groups in total. The van der Waals surface area contributed by atoms with Crippen molar-refractivity contribution in [2.75, 3.05) is 6.61 Å². The highest BCUT2D eigenvalue weighted by molar-refractivity contribution is 5.90. The average Bonchev–Trinajstić information content (AvgIpc) is 3.07. The standard InChI is InChI=1S/C16H15N3O3/c1-2-21-16(20)13-6-18-15-12(14-7-17-9-22-14)5-11(8-19(13)15)10-3-4-10/h5-10H,2-4H2,1H3. The fourth-order valence-electron chi connectivity index (χ4n) is 2.63. The van der Waals surface area contributed by atoms with Crippen LogP contribution in [0.4, 0.5) is 0 Å². The third kappa shape index (κ3) is 2.07. The second-order valence-electron chi connectivity index (χ2n) is 5.38. The van der Waals surface area contributed by atoms with Crippen LogP contribution >= 0.6 is 0 Å². The van der Waals surface area contributed by atoms with Crippen molar-refractivity contribution < 1.29 is 13.9 Å². The van der Waals surface area contributed by atoms with Gasteiger partial charge in [-0.1, -0.05) is 0 Å². The molecule has 6 heteroatoms. The zero-order valence-corrected chi connectivity index (χ0v) is 12.2. The maximum absolute atomic E-state index is 12.1. The molecule has 0 bridgehead atoms. The summed E-state index contributed by atoms with van der Waals surface area (Å²) in [5, 5.41) is 0. The van der Waals surface area contributed by atoms with E-state index in [9.17, 15) is 4.79 Å². The Bertz CT molecular complexity index is 832. The number of nitrogens with zero attached hydrogens (tertiary/aromatic N) is 3. The average molecular weight is 297 g/mol. The third-order valence-electron chi connectivity index (χ3n) is 3.86. The van der Waals surface area contributed by atoms with E-state index in [2.05, 4.69) is 16.0 Å². The summed E-state index contributed by atoms with van der Waals surface area (Å²) in [5.74, 6) is 0.823. The zero-order chi connectivity index (χ0) is 15.1. The Hall–Kier alpha value is -2.63. The van der Waals surface area contributed by atoms with E-state index in [1.807, 2.05) is 6.20 Å². The molecule has 0 aliphatic heterocycles. The summed E-state index contributed by atoms with van der Waals surface area (Å²) in [6.45, 7) is 2.13. The SMILES string of the molecule is CCOC(=O)c1cnc2c(-c3cnco3)cc(C3CC3)cn12. The fourth-order valence-corrected chi connectivity index (χ4v) is 2.63. The van der Waals surface area contributed by atoms with Gasteiger partial charge in [-0.05, 0) is 37.3 Å². The first-order valence-electron chi connectivity index (χ1n) is 7.35. The number of imidazole rings is 1. The van der Waals surface area contributed by atoms with Gasteiger partial charge in [0.05, 0.1) is 24.6 Å². The van der Waals surface area contributed by atoms with Gasteiger partial charge >= 0.3 is 5.97 Å². The largest absolute Gasteiger partial charge is 0.461 e. The smallest absolute Gasteiger partial charge is 0.356 e. The summed E-state index contributed by atoms with van der Waals surface area (Å²) in [6, 6.07) is 2.08. The van der Waals surface area contributed by atoms with E-state index in [0.717, 1.165) is 5.56 Å². The highest BCUT2D eigenvalue weighted by Gasteiger charge is 2.27. The molecular formula is C16H15N3O3. The van der Waals surface area contributed by atoms with Crippen LogP contribution in [0.1, 0.15) is 41.7 Å². The van der Waals surface area contributed by atoms with Crippen LogP contribution in [0.25, 0.3) is 17.0 Å². The molecule has 1 aliphatic rings. The zero-order valence-electron chi connectivity index (χ0n) is 12.2. The molecule has 3 aromatic rings. The molecule has 1 saturated carbocycles. The number of aromatic nitrogens is 3. The number of carbonyl (C=O) groups excluding carboxylic acids is 1. The van der Waals surface area contributed by atoms with Gasteiger partial charge in [-0.3, -0.25) is 4.40 Å². The first-order valence-corrected chi connectivity index (χ1v) is 7.35. The topological polar surface area (TPSA) is 69.6 Å². The molecule has 6 nitrogen and oxygen atoms in total. The number of pyridine rings is 1. The number of oxazole rings is 1. The molecule has 0 radical (unpaired) electrons. The number of esters is 1. The molecular weight excluding hydrogens is 282 g/mol. The minimum absolute atomic E-state index is 0.337. The lowest BCUT2D eigenvalue weighted by Gasteiger charge is -2.07. The van der Waals surface area contributed by atoms with Crippen LogP contribution < -0.4 is 0 Å². The van der Waals surface area contributed by atoms with Crippen LogP contribution in [0.2, 0.25) is 0 Å². The van der Waals surface area contributed by atoms with Crippen molar-refractivity contribution in [3.63, 3.8) is 0 Å². The van der Waals surface area contributed by atoms with Crippen LogP contribution in [0, 0.1) is 0 Å². The first kappa shape index (κ1) is 13.1. The van der Waals surface area contributed by atoms with Gasteiger partial charge in [0.15, 0.2) is 17.8 Å². The van der Waals surface area contributed by atoms with Crippen LogP contribution in [0.5, 0.6) is 0 Å². The van der Waals surface area contributed by atoms with E-state index in [4.69, 9.17) is 9.15 Å². The summed E-state index contributed by atoms with van der Waals surface area (Å²) >= 11 is 0. The van der Waals surface area contributed by atoms with Crippen LogP contribution in [0.15, 0.2) is 35.5 Å². The predicted octanol–water partition coefficient (Wildman–Crippen LogP) is 3.04. The Kier molecular flexibility index (Phi) is 2.96. The van der Waals surface area contributed by atoms with E-state index in [1.54, 1.807) is 23.7 Å². The van der Waals surface area contributed by atoms with Crippen molar-refractivity contribution >= 4 is 11.6 Å². The van der Waals surface area contributed by atoms with E-state index < -0.39 is 0 Å². The van der Waals surface area contributed by atoms with Crippen LogP contribution in [-0.4, -0.2) is 26.9 Å². The second kappa shape index (κ2) is 4.98. The normalized spacial score (nSPS) is 14.4. The van der Waals surface area contributed by atoms with Crippen molar-refractivity contribution in [2.24, 2.45) is 0 Å². The van der Waals surface area contributed by atoms with Gasteiger partial charge < -0.3 is 9.15 Å². The molecule has 0 spiro atoms. The molecule has 1 fully saturated rings. The predicted molar refractivity (Wildman–Crippen MR) is 78.6 cm³/mol.